The molecule has 2 N–H and O–H groups in total. The third kappa shape index (κ3) is 4.60. The Morgan fingerprint density at radius 2 is 2.09 bits per heavy atom. The van der Waals surface area contributed by atoms with Crippen LogP contribution < -0.4 is 10.6 Å². The van der Waals surface area contributed by atoms with Gasteiger partial charge in [-0.05, 0) is 57.0 Å². The average Bonchev–Trinajstić information content (AvgIpc) is 3.23. The molecule has 8 heteroatoms. The van der Waals surface area contributed by atoms with E-state index in [1.54, 1.807) is 17.4 Å². The van der Waals surface area contributed by atoms with Crippen molar-refractivity contribution in [2.24, 2.45) is 0 Å². The van der Waals surface area contributed by atoms with Crippen molar-refractivity contribution < 1.29 is 9.53 Å². The van der Waals surface area contributed by atoms with Crippen molar-refractivity contribution in [2.45, 2.75) is 45.3 Å². The molecule has 0 aliphatic carbocycles. The van der Waals surface area contributed by atoms with E-state index in [4.69, 9.17) is 4.74 Å². The van der Waals surface area contributed by atoms with Gasteiger partial charge < -0.3 is 20.3 Å². The number of carbonyl (C=O) groups is 1. The topological polar surface area (TPSA) is 92.3 Å². The summed E-state index contributed by atoms with van der Waals surface area (Å²) < 4.78 is 5.50. The highest BCUT2D eigenvalue weighted by Gasteiger charge is 2.31. The van der Waals surface area contributed by atoms with E-state index in [2.05, 4.69) is 37.7 Å². The molecule has 8 nitrogen and oxygen atoms in total. The molecule has 1 aromatic carbocycles. The number of rotatable bonds is 3. The molecule has 170 valence electrons. The second-order valence-corrected chi connectivity index (χ2v) is 9.44. The quantitative estimate of drug-likeness (QED) is 0.567. The molecule has 0 saturated heterocycles. The zero-order valence-electron chi connectivity index (χ0n) is 19.1. The van der Waals surface area contributed by atoms with Crippen LogP contribution in [0.5, 0.6) is 0 Å². The fourth-order valence-electron chi connectivity index (χ4n) is 4.27. The van der Waals surface area contributed by atoms with Crippen LogP contribution in [0.3, 0.4) is 0 Å². The Balaban J connectivity index is 1.28. The van der Waals surface area contributed by atoms with E-state index in [0.29, 0.717) is 13.1 Å². The van der Waals surface area contributed by atoms with E-state index >= 15 is 0 Å². The van der Waals surface area contributed by atoms with Crippen LogP contribution in [0.2, 0.25) is 0 Å². The lowest BCUT2D eigenvalue weighted by molar-refractivity contribution is 0.0265. The van der Waals surface area contributed by atoms with Gasteiger partial charge >= 0.3 is 6.09 Å². The molecule has 1 atom stereocenters. The predicted octanol–water partition coefficient (Wildman–Crippen LogP) is 4.67. The third-order valence-electron chi connectivity index (χ3n) is 5.87. The second kappa shape index (κ2) is 8.35. The maximum atomic E-state index is 12.3. The second-order valence-electron chi connectivity index (χ2n) is 9.44. The summed E-state index contributed by atoms with van der Waals surface area (Å²) in [4.78, 5) is 27.4. The summed E-state index contributed by atoms with van der Waals surface area (Å²) in [6.07, 6.45) is 6.85. The summed E-state index contributed by atoms with van der Waals surface area (Å²) in [5.41, 5.74) is 3.80. The molecule has 2 aliphatic heterocycles. The van der Waals surface area contributed by atoms with Crippen LogP contribution in [-0.4, -0.2) is 50.7 Å². The number of pyridine rings is 1. The maximum absolute atomic E-state index is 12.3. The minimum atomic E-state index is -0.487. The van der Waals surface area contributed by atoms with E-state index in [1.165, 1.54) is 5.57 Å². The molecule has 0 saturated carbocycles. The number of amides is 1. The fraction of sp³-hybridized carbons (Fsp3) is 0.360. The van der Waals surface area contributed by atoms with Crippen LogP contribution in [0.15, 0.2) is 54.5 Å². The van der Waals surface area contributed by atoms with Gasteiger partial charge in [-0.1, -0.05) is 12.1 Å². The zero-order valence-corrected chi connectivity index (χ0v) is 19.1. The summed E-state index contributed by atoms with van der Waals surface area (Å²) in [6, 6.07) is 10.2. The van der Waals surface area contributed by atoms with Crippen LogP contribution in [0.1, 0.15) is 32.8 Å². The lowest BCUT2D eigenvalue weighted by atomic mass is 9.97. The Morgan fingerprint density at radius 3 is 2.88 bits per heavy atom. The first-order chi connectivity index (χ1) is 15.9. The van der Waals surface area contributed by atoms with Gasteiger partial charge in [-0.25, -0.2) is 14.8 Å². The van der Waals surface area contributed by atoms with E-state index in [-0.39, 0.29) is 12.1 Å². The van der Waals surface area contributed by atoms with E-state index in [0.717, 1.165) is 46.6 Å². The molecular formula is C25H28N6O2. The Labute approximate surface area is 193 Å². The third-order valence-corrected chi connectivity index (χ3v) is 5.87. The lowest BCUT2D eigenvalue weighted by Crippen LogP contribution is -2.40. The molecule has 0 bridgehead atoms. The molecule has 4 heterocycles. The number of hydrogen-bond acceptors (Lipinski definition) is 7. The molecule has 2 aliphatic rings. The van der Waals surface area contributed by atoms with Gasteiger partial charge in [0.2, 0.25) is 0 Å². The molecule has 3 aromatic rings. The summed E-state index contributed by atoms with van der Waals surface area (Å²) in [5.74, 6) is 1.67. The summed E-state index contributed by atoms with van der Waals surface area (Å²) in [5, 5.41) is 8.07. The number of aromatic nitrogens is 3. The lowest BCUT2D eigenvalue weighted by Gasteiger charge is -2.31. The standard InChI is InChI=1S/C25H28N6O2/c1-25(2,3)33-24(32)31-11-8-16(9-12-31)21-14-19-22(27-15-28-23(19)30-21)29-18-6-7-20-17(13-18)5-4-10-26-20/h4-8,10,13,15,21H,9,11-12,14H2,1-3H3,(H2,27,28,29,30). The first-order valence-corrected chi connectivity index (χ1v) is 11.2. The molecular weight excluding hydrogens is 416 g/mol. The monoisotopic (exact) mass is 444 g/mol. The SMILES string of the molecule is CC(C)(C)OC(=O)N1CC=C(C2Cc3c(Nc4ccc5ncccc5c4)ncnc3N2)CC1. The number of nitrogens with zero attached hydrogens (tertiary/aromatic N) is 4. The molecule has 1 unspecified atom stereocenters. The van der Waals surface area contributed by atoms with E-state index in [1.807, 2.05) is 45.0 Å². The molecule has 0 fully saturated rings. The predicted molar refractivity (Wildman–Crippen MR) is 129 cm³/mol. The van der Waals surface area contributed by atoms with Crippen LogP contribution in [0.25, 0.3) is 10.9 Å². The van der Waals surface area contributed by atoms with Gasteiger partial charge in [0.15, 0.2) is 0 Å². The van der Waals surface area contributed by atoms with Gasteiger partial charge in [-0.3, -0.25) is 4.98 Å². The summed E-state index contributed by atoms with van der Waals surface area (Å²) >= 11 is 0. The maximum Gasteiger partial charge on any atom is 0.410 e. The number of carbonyl (C=O) groups excluding carboxylic acids is 1. The van der Waals surface area contributed by atoms with Crippen LogP contribution in [0.4, 0.5) is 22.1 Å². The Bertz CT molecular complexity index is 1230. The summed E-state index contributed by atoms with van der Waals surface area (Å²) in [6.45, 7) is 6.86. The van der Waals surface area contributed by atoms with Gasteiger partial charge in [0.05, 0.1) is 11.6 Å². The van der Waals surface area contributed by atoms with Crippen LogP contribution in [-0.2, 0) is 11.2 Å². The van der Waals surface area contributed by atoms with E-state index < -0.39 is 5.60 Å². The Morgan fingerprint density at radius 1 is 1.21 bits per heavy atom. The number of fused-ring (bicyclic) bond motifs is 2. The molecule has 33 heavy (non-hydrogen) atoms. The number of anilines is 3. The largest absolute Gasteiger partial charge is 0.444 e. The Kier molecular flexibility index (Phi) is 5.36. The Hall–Kier alpha value is -3.68. The van der Waals surface area contributed by atoms with Crippen molar-refractivity contribution in [1.82, 2.24) is 19.9 Å². The van der Waals surface area contributed by atoms with Gasteiger partial charge in [-0.15, -0.1) is 0 Å². The summed E-state index contributed by atoms with van der Waals surface area (Å²) in [7, 11) is 0. The van der Waals surface area contributed by atoms with Crippen molar-refractivity contribution in [3.8, 4) is 0 Å². The minimum Gasteiger partial charge on any atom is -0.444 e. The van der Waals surface area contributed by atoms with Gasteiger partial charge in [-0.2, -0.15) is 0 Å². The smallest absolute Gasteiger partial charge is 0.410 e. The average molecular weight is 445 g/mol. The molecule has 1 amide bonds. The van der Waals surface area contributed by atoms with E-state index in [9.17, 15) is 4.79 Å². The number of benzene rings is 1. The van der Waals surface area contributed by atoms with Crippen molar-refractivity contribution >= 4 is 34.3 Å². The van der Waals surface area contributed by atoms with Crippen molar-refractivity contribution in [2.75, 3.05) is 23.7 Å². The van der Waals surface area contributed by atoms with Gasteiger partial charge in [0, 0.05) is 42.3 Å². The number of ether oxygens (including phenoxy) is 1. The number of hydrogen-bond donors (Lipinski definition) is 2. The highest BCUT2D eigenvalue weighted by atomic mass is 16.6. The highest BCUT2D eigenvalue weighted by molar-refractivity contribution is 5.83. The van der Waals surface area contributed by atoms with Gasteiger partial charge in [0.25, 0.3) is 0 Å². The first kappa shape index (κ1) is 21.2. The molecule has 0 radical (unpaired) electrons. The molecule has 2 aromatic heterocycles. The minimum absolute atomic E-state index is 0.152. The van der Waals surface area contributed by atoms with Crippen molar-refractivity contribution in [1.29, 1.82) is 0 Å². The number of nitrogens with one attached hydrogen (secondary N) is 2. The highest BCUT2D eigenvalue weighted by Crippen LogP contribution is 2.34. The molecule has 0 spiro atoms. The normalized spacial score (nSPS) is 17.8. The zero-order chi connectivity index (χ0) is 23.0. The van der Waals surface area contributed by atoms with Crippen molar-refractivity contribution in [3.05, 3.63) is 60.1 Å². The molecule has 5 rings (SSSR count). The fourth-order valence-corrected chi connectivity index (χ4v) is 4.27. The van der Waals surface area contributed by atoms with Crippen LogP contribution in [0, 0.1) is 0 Å². The van der Waals surface area contributed by atoms with Crippen LogP contribution >= 0.6 is 0 Å². The first-order valence-electron chi connectivity index (χ1n) is 11.2. The van der Waals surface area contributed by atoms with Gasteiger partial charge in [0.1, 0.15) is 23.6 Å². The van der Waals surface area contributed by atoms with Crippen molar-refractivity contribution in [3.63, 3.8) is 0 Å².